The summed E-state index contributed by atoms with van der Waals surface area (Å²) in [7, 11) is 1.96. The summed E-state index contributed by atoms with van der Waals surface area (Å²) in [6, 6.07) is 0.446. The van der Waals surface area contributed by atoms with Crippen LogP contribution < -0.4 is 0 Å². The first kappa shape index (κ1) is 12.4. The van der Waals surface area contributed by atoms with E-state index in [9.17, 15) is 0 Å². The van der Waals surface area contributed by atoms with Crippen LogP contribution in [0.1, 0.15) is 41.8 Å². The fourth-order valence-electron chi connectivity index (χ4n) is 2.79. The average Bonchev–Trinajstić information content (AvgIpc) is 3.03. The normalized spacial score (nSPS) is 20.3. The van der Waals surface area contributed by atoms with Crippen LogP contribution in [0.5, 0.6) is 0 Å². The van der Waals surface area contributed by atoms with E-state index in [0.717, 1.165) is 30.4 Å². The van der Waals surface area contributed by atoms with Crippen molar-refractivity contribution in [3.05, 3.63) is 35.3 Å². The molecule has 3 rings (SSSR count). The number of rotatable bonds is 3. The Morgan fingerprint density at radius 3 is 2.89 bits per heavy atom. The number of oxazole rings is 1. The summed E-state index contributed by atoms with van der Waals surface area (Å²) >= 11 is 0. The Labute approximate surface area is 113 Å². The first-order valence-corrected chi connectivity index (χ1v) is 6.79. The molecule has 0 spiro atoms. The molecule has 0 radical (unpaired) electrons. The van der Waals surface area contributed by atoms with Gasteiger partial charge >= 0.3 is 0 Å². The molecule has 2 aromatic rings. The molecule has 3 heterocycles. The predicted molar refractivity (Wildman–Crippen MR) is 71.6 cm³/mol. The van der Waals surface area contributed by atoms with Gasteiger partial charge < -0.3 is 4.42 Å². The van der Waals surface area contributed by atoms with Gasteiger partial charge in [-0.15, -0.1) is 0 Å². The van der Waals surface area contributed by atoms with Crippen LogP contribution >= 0.6 is 0 Å². The molecule has 0 amide bonds. The highest BCUT2D eigenvalue weighted by Crippen LogP contribution is 2.32. The summed E-state index contributed by atoms with van der Waals surface area (Å²) in [5, 5.41) is 4.27. The minimum absolute atomic E-state index is 0.446. The van der Waals surface area contributed by atoms with E-state index < -0.39 is 0 Å². The number of aryl methyl sites for hydroxylation is 3. The minimum atomic E-state index is 0.446. The van der Waals surface area contributed by atoms with E-state index in [1.54, 1.807) is 0 Å². The van der Waals surface area contributed by atoms with Crippen LogP contribution in [0, 0.1) is 13.8 Å². The second-order valence-electron chi connectivity index (χ2n) is 5.33. The Morgan fingerprint density at radius 2 is 2.26 bits per heavy atom. The van der Waals surface area contributed by atoms with Crippen LogP contribution in [0.3, 0.4) is 0 Å². The molecule has 102 valence electrons. The molecule has 0 unspecified atom stereocenters. The van der Waals surface area contributed by atoms with Crippen LogP contribution in [0.15, 0.2) is 16.8 Å². The lowest BCUT2D eigenvalue weighted by Crippen LogP contribution is -2.22. The van der Waals surface area contributed by atoms with E-state index in [2.05, 4.69) is 21.2 Å². The number of likely N-dealkylation sites (tertiary alicyclic amines) is 1. The molecule has 5 nitrogen and oxygen atoms in total. The van der Waals surface area contributed by atoms with E-state index >= 15 is 0 Å². The lowest BCUT2D eigenvalue weighted by atomic mass is 10.1. The van der Waals surface area contributed by atoms with Gasteiger partial charge in [0.1, 0.15) is 5.76 Å². The lowest BCUT2D eigenvalue weighted by molar-refractivity contribution is 0.222. The Bertz CT molecular complexity index is 552. The largest absolute Gasteiger partial charge is 0.444 e. The first-order valence-electron chi connectivity index (χ1n) is 6.79. The number of nitrogens with zero attached hydrogens (tertiary/aromatic N) is 4. The summed E-state index contributed by atoms with van der Waals surface area (Å²) < 4.78 is 7.56. The predicted octanol–water partition coefficient (Wildman–Crippen LogP) is 2.36. The Hall–Kier alpha value is -1.62. The zero-order valence-corrected chi connectivity index (χ0v) is 11.8. The maximum absolute atomic E-state index is 5.69. The highest BCUT2D eigenvalue weighted by Gasteiger charge is 2.28. The van der Waals surface area contributed by atoms with E-state index in [1.807, 2.05) is 31.8 Å². The molecule has 1 aliphatic rings. The van der Waals surface area contributed by atoms with Gasteiger partial charge in [-0.25, -0.2) is 4.98 Å². The standard InChI is InChI=1S/C14H20N4O/c1-10-11(2)19-14(16-10)9-18-6-4-5-13(18)12-7-15-17(3)8-12/h7-8,13H,4-6,9H2,1-3H3/t13-/m1/s1. The summed E-state index contributed by atoms with van der Waals surface area (Å²) in [4.78, 5) is 6.91. The van der Waals surface area contributed by atoms with Crippen LogP contribution in [0.2, 0.25) is 0 Å². The van der Waals surface area contributed by atoms with Crippen LogP contribution in [-0.4, -0.2) is 26.2 Å². The van der Waals surface area contributed by atoms with Gasteiger partial charge in [-0.05, 0) is 33.2 Å². The zero-order chi connectivity index (χ0) is 13.4. The molecule has 5 heteroatoms. The van der Waals surface area contributed by atoms with Crippen molar-refractivity contribution in [3.8, 4) is 0 Å². The molecular formula is C14H20N4O. The summed E-state index contributed by atoms with van der Waals surface area (Å²) in [5.74, 6) is 1.75. The van der Waals surface area contributed by atoms with Crippen molar-refractivity contribution in [1.29, 1.82) is 0 Å². The average molecular weight is 260 g/mol. The number of hydrogen-bond donors (Lipinski definition) is 0. The first-order chi connectivity index (χ1) is 9.13. The Morgan fingerprint density at radius 1 is 1.42 bits per heavy atom. The van der Waals surface area contributed by atoms with Crippen molar-refractivity contribution in [2.75, 3.05) is 6.54 Å². The van der Waals surface area contributed by atoms with Crippen molar-refractivity contribution < 1.29 is 4.42 Å². The molecular weight excluding hydrogens is 240 g/mol. The van der Waals surface area contributed by atoms with E-state index in [-0.39, 0.29) is 0 Å². The molecule has 0 aliphatic carbocycles. The van der Waals surface area contributed by atoms with E-state index in [4.69, 9.17) is 4.42 Å². The molecule has 0 N–H and O–H groups in total. The van der Waals surface area contributed by atoms with Gasteiger partial charge in [0.15, 0.2) is 0 Å². The molecule has 0 aromatic carbocycles. The van der Waals surface area contributed by atoms with Crippen molar-refractivity contribution in [2.45, 2.75) is 39.3 Å². The molecule has 0 saturated carbocycles. The highest BCUT2D eigenvalue weighted by atomic mass is 16.4. The number of hydrogen-bond acceptors (Lipinski definition) is 4. The smallest absolute Gasteiger partial charge is 0.208 e. The van der Waals surface area contributed by atoms with Crippen LogP contribution in [0.4, 0.5) is 0 Å². The van der Waals surface area contributed by atoms with Crippen LogP contribution in [-0.2, 0) is 13.6 Å². The quantitative estimate of drug-likeness (QED) is 0.850. The molecule has 1 aliphatic heterocycles. The van der Waals surface area contributed by atoms with Crippen molar-refractivity contribution >= 4 is 0 Å². The zero-order valence-electron chi connectivity index (χ0n) is 11.8. The second kappa shape index (κ2) is 4.81. The van der Waals surface area contributed by atoms with Gasteiger partial charge in [0.25, 0.3) is 0 Å². The third-order valence-corrected chi connectivity index (χ3v) is 3.88. The third kappa shape index (κ3) is 2.42. The lowest BCUT2D eigenvalue weighted by Gasteiger charge is -2.21. The molecule has 1 atom stereocenters. The maximum Gasteiger partial charge on any atom is 0.208 e. The fourth-order valence-corrected chi connectivity index (χ4v) is 2.79. The summed E-state index contributed by atoms with van der Waals surface area (Å²) in [6.45, 7) is 5.84. The fraction of sp³-hybridized carbons (Fsp3) is 0.571. The van der Waals surface area contributed by atoms with Crippen molar-refractivity contribution in [3.63, 3.8) is 0 Å². The van der Waals surface area contributed by atoms with Gasteiger partial charge in [0.05, 0.1) is 18.4 Å². The molecule has 0 bridgehead atoms. The van der Waals surface area contributed by atoms with Crippen molar-refractivity contribution in [1.82, 2.24) is 19.7 Å². The van der Waals surface area contributed by atoms with Crippen LogP contribution in [0.25, 0.3) is 0 Å². The molecule has 1 fully saturated rings. The van der Waals surface area contributed by atoms with Gasteiger partial charge in [0, 0.05) is 24.8 Å². The van der Waals surface area contributed by atoms with Gasteiger partial charge in [-0.3, -0.25) is 9.58 Å². The highest BCUT2D eigenvalue weighted by molar-refractivity contribution is 5.13. The van der Waals surface area contributed by atoms with Gasteiger partial charge in [0.2, 0.25) is 5.89 Å². The van der Waals surface area contributed by atoms with E-state index in [0.29, 0.717) is 6.04 Å². The SMILES string of the molecule is Cc1nc(CN2CCC[C@@H]2c2cnn(C)c2)oc1C. The number of aromatic nitrogens is 3. The monoisotopic (exact) mass is 260 g/mol. The van der Waals surface area contributed by atoms with Gasteiger partial charge in [-0.1, -0.05) is 0 Å². The topological polar surface area (TPSA) is 47.1 Å². The minimum Gasteiger partial charge on any atom is -0.444 e. The molecule has 19 heavy (non-hydrogen) atoms. The molecule has 1 saturated heterocycles. The third-order valence-electron chi connectivity index (χ3n) is 3.88. The van der Waals surface area contributed by atoms with E-state index in [1.165, 1.54) is 18.4 Å². The molecule has 2 aromatic heterocycles. The van der Waals surface area contributed by atoms with Crippen molar-refractivity contribution in [2.24, 2.45) is 7.05 Å². The summed E-state index contributed by atoms with van der Waals surface area (Å²) in [5.41, 5.74) is 2.28. The Kier molecular flexibility index (Phi) is 3.14. The van der Waals surface area contributed by atoms with Gasteiger partial charge in [-0.2, -0.15) is 5.10 Å². The second-order valence-corrected chi connectivity index (χ2v) is 5.33. The summed E-state index contributed by atoms with van der Waals surface area (Å²) in [6.07, 6.45) is 6.48. The maximum atomic E-state index is 5.69. The Balaban J connectivity index is 1.76.